The number of fused-ring (bicyclic) bond motifs is 1. The zero-order valence-electron chi connectivity index (χ0n) is 31.9. The first-order valence-electron chi connectivity index (χ1n) is 19.0. The molecule has 2 aliphatic carbocycles. The van der Waals surface area contributed by atoms with E-state index in [2.05, 4.69) is 46.5 Å². The van der Waals surface area contributed by atoms with Crippen LogP contribution in [-0.2, 0) is 20.8 Å². The van der Waals surface area contributed by atoms with E-state index in [4.69, 9.17) is 0 Å². The third-order valence-electron chi connectivity index (χ3n) is 11.1. The minimum atomic E-state index is -0.925. The molecule has 1 saturated carbocycles. The summed E-state index contributed by atoms with van der Waals surface area (Å²) >= 11 is 0. The van der Waals surface area contributed by atoms with Gasteiger partial charge >= 0.3 is 0 Å². The standard InChI is InChI=1S/C41H58N6O5/c1-24-19-25(2)21-28(20-24)43-37(49)31-16-10-11-17-32(31)38(50)44-29-22-34(39(51)45-33-18-12-14-27-13-8-9-15-30(27)33)47(23-29)40(52)35(41(4,5)6)46-36(48)26(3)42-7/h8-11,13,15-17,24-26,28-29,33-35,42H,12,14,18-23H2,1-7H3,(H,43,49)(H,44,50)(H,45,51)(H,46,48)/t24-,25?,26-,28?,29-,33+,34-,35+/m0/s1. The minimum Gasteiger partial charge on any atom is -0.349 e. The summed E-state index contributed by atoms with van der Waals surface area (Å²) in [5.41, 5.74) is 2.13. The van der Waals surface area contributed by atoms with Gasteiger partial charge in [0.25, 0.3) is 11.8 Å². The summed E-state index contributed by atoms with van der Waals surface area (Å²) in [6.45, 7) is 11.8. The number of hydrogen-bond acceptors (Lipinski definition) is 6. The molecule has 282 valence electrons. The molecule has 11 nitrogen and oxygen atoms in total. The molecule has 2 aromatic rings. The third kappa shape index (κ3) is 9.21. The van der Waals surface area contributed by atoms with Crippen molar-refractivity contribution in [2.24, 2.45) is 17.3 Å². The van der Waals surface area contributed by atoms with Crippen LogP contribution in [0.3, 0.4) is 0 Å². The topological polar surface area (TPSA) is 149 Å². The molecule has 1 saturated heterocycles. The van der Waals surface area contributed by atoms with Crippen LogP contribution in [0, 0.1) is 17.3 Å². The fraction of sp³-hybridized carbons (Fsp3) is 0.585. The van der Waals surface area contributed by atoms with Gasteiger partial charge in [-0.3, -0.25) is 24.0 Å². The van der Waals surface area contributed by atoms with Gasteiger partial charge in [0.2, 0.25) is 17.7 Å². The van der Waals surface area contributed by atoms with Crippen LogP contribution in [-0.4, -0.2) is 78.2 Å². The fourth-order valence-corrected chi connectivity index (χ4v) is 8.29. The second kappa shape index (κ2) is 16.6. The van der Waals surface area contributed by atoms with Crippen molar-refractivity contribution in [2.45, 2.75) is 123 Å². The average Bonchev–Trinajstić information content (AvgIpc) is 3.53. The Hall–Kier alpha value is -4.25. The zero-order chi connectivity index (χ0) is 37.7. The van der Waals surface area contributed by atoms with Crippen LogP contribution in [0.4, 0.5) is 0 Å². The van der Waals surface area contributed by atoms with E-state index >= 15 is 0 Å². The summed E-state index contributed by atoms with van der Waals surface area (Å²) in [5, 5.41) is 15.3. The first-order valence-corrected chi connectivity index (χ1v) is 19.0. The van der Waals surface area contributed by atoms with Crippen molar-refractivity contribution < 1.29 is 24.0 Å². The number of nitrogens with zero attached hydrogens (tertiary/aromatic N) is 1. The molecule has 0 radical (unpaired) electrons. The second-order valence-electron chi connectivity index (χ2n) is 16.5. The highest BCUT2D eigenvalue weighted by Crippen LogP contribution is 2.32. The van der Waals surface area contributed by atoms with E-state index in [1.54, 1.807) is 38.2 Å². The number of aryl methyl sites for hydroxylation is 1. The lowest BCUT2D eigenvalue weighted by atomic mass is 9.80. The van der Waals surface area contributed by atoms with Gasteiger partial charge in [-0.15, -0.1) is 0 Å². The van der Waals surface area contributed by atoms with E-state index in [0.29, 0.717) is 11.8 Å². The molecule has 3 aliphatic rings. The largest absolute Gasteiger partial charge is 0.349 e. The van der Waals surface area contributed by atoms with Crippen molar-refractivity contribution in [3.05, 3.63) is 70.8 Å². The normalized spacial score (nSPS) is 25.6. The maximum Gasteiger partial charge on any atom is 0.252 e. The van der Waals surface area contributed by atoms with Gasteiger partial charge in [-0.05, 0) is 99.4 Å². The monoisotopic (exact) mass is 714 g/mol. The van der Waals surface area contributed by atoms with Gasteiger partial charge in [-0.25, -0.2) is 0 Å². The molecule has 5 N–H and O–H groups in total. The molecule has 0 spiro atoms. The van der Waals surface area contributed by atoms with Crippen molar-refractivity contribution in [1.82, 2.24) is 31.5 Å². The maximum absolute atomic E-state index is 14.5. The van der Waals surface area contributed by atoms with E-state index < -0.39 is 35.5 Å². The number of hydrogen-bond donors (Lipinski definition) is 5. The summed E-state index contributed by atoms with van der Waals surface area (Å²) in [6, 6.07) is 11.8. The Morgan fingerprint density at radius 1 is 0.788 bits per heavy atom. The number of likely N-dealkylation sites (N-methyl/N-ethyl adjacent to an activating group) is 1. The van der Waals surface area contributed by atoms with Crippen molar-refractivity contribution in [2.75, 3.05) is 13.6 Å². The van der Waals surface area contributed by atoms with E-state index in [-0.39, 0.29) is 59.8 Å². The minimum absolute atomic E-state index is 0.0412. The van der Waals surface area contributed by atoms with Gasteiger partial charge in [0.05, 0.1) is 23.2 Å². The molecule has 5 amide bonds. The first-order chi connectivity index (χ1) is 24.7. The molecular formula is C41H58N6O5. The molecule has 2 aromatic carbocycles. The molecule has 2 unspecified atom stereocenters. The maximum atomic E-state index is 14.5. The van der Waals surface area contributed by atoms with Crippen molar-refractivity contribution in [1.29, 1.82) is 0 Å². The first kappa shape index (κ1) is 39.0. The molecule has 1 aliphatic heterocycles. The lowest BCUT2D eigenvalue weighted by Crippen LogP contribution is -2.59. The van der Waals surface area contributed by atoms with Gasteiger partial charge in [0.1, 0.15) is 12.1 Å². The average molecular weight is 715 g/mol. The van der Waals surface area contributed by atoms with Crippen LogP contribution in [0.5, 0.6) is 0 Å². The Morgan fingerprint density at radius 2 is 1.38 bits per heavy atom. The predicted octanol–water partition coefficient (Wildman–Crippen LogP) is 4.27. The van der Waals surface area contributed by atoms with Crippen molar-refractivity contribution >= 4 is 29.5 Å². The van der Waals surface area contributed by atoms with E-state index in [1.807, 2.05) is 39.0 Å². The Morgan fingerprint density at radius 3 is 2.00 bits per heavy atom. The van der Waals surface area contributed by atoms with Crippen LogP contribution in [0.1, 0.15) is 118 Å². The second-order valence-corrected chi connectivity index (χ2v) is 16.5. The fourth-order valence-electron chi connectivity index (χ4n) is 8.29. The smallest absolute Gasteiger partial charge is 0.252 e. The molecule has 1 heterocycles. The number of benzene rings is 2. The van der Waals surface area contributed by atoms with E-state index in [9.17, 15) is 24.0 Å². The van der Waals surface area contributed by atoms with Gasteiger partial charge < -0.3 is 31.5 Å². The Kier molecular flexibility index (Phi) is 12.4. The Labute approximate surface area is 308 Å². The number of amides is 5. The van der Waals surface area contributed by atoms with Gasteiger partial charge in [-0.2, -0.15) is 0 Å². The Bertz CT molecular complexity index is 1630. The highest BCUT2D eigenvalue weighted by atomic mass is 16.2. The van der Waals surface area contributed by atoms with Crippen LogP contribution in [0.15, 0.2) is 48.5 Å². The quantitative estimate of drug-likeness (QED) is 0.248. The molecular weight excluding hydrogens is 656 g/mol. The molecule has 8 atom stereocenters. The molecule has 52 heavy (non-hydrogen) atoms. The van der Waals surface area contributed by atoms with Crippen LogP contribution >= 0.6 is 0 Å². The number of rotatable bonds is 10. The van der Waals surface area contributed by atoms with Gasteiger partial charge in [0.15, 0.2) is 0 Å². The van der Waals surface area contributed by atoms with E-state index in [0.717, 1.165) is 44.1 Å². The summed E-state index contributed by atoms with van der Waals surface area (Å²) in [7, 11) is 1.67. The van der Waals surface area contributed by atoms with Crippen molar-refractivity contribution in [3.8, 4) is 0 Å². The van der Waals surface area contributed by atoms with Crippen LogP contribution < -0.4 is 26.6 Å². The SMILES string of the molecule is CN[C@@H](C)C(=O)N[C@H](C(=O)N1C[C@@H](NC(=O)c2ccccc2C(=O)NC2CC(C)C[C@H](C)C2)C[C@H]1C(=O)N[C@@H]1CCCc2ccccc21)C(C)(C)C. The summed E-state index contributed by atoms with van der Waals surface area (Å²) in [5.74, 6) is -0.727. The van der Waals surface area contributed by atoms with Crippen molar-refractivity contribution in [3.63, 3.8) is 0 Å². The lowest BCUT2D eigenvalue weighted by molar-refractivity contribution is -0.144. The third-order valence-corrected chi connectivity index (χ3v) is 11.1. The molecule has 5 rings (SSSR count). The highest BCUT2D eigenvalue weighted by molar-refractivity contribution is 6.07. The number of carbonyl (C=O) groups is 5. The summed E-state index contributed by atoms with van der Waals surface area (Å²) in [6.07, 6.45) is 5.78. The molecule has 0 aromatic heterocycles. The predicted molar refractivity (Wildman–Crippen MR) is 201 cm³/mol. The molecule has 2 fully saturated rings. The Balaban J connectivity index is 1.37. The number of likely N-dealkylation sites (tertiary alicyclic amines) is 1. The lowest BCUT2D eigenvalue weighted by Gasteiger charge is -2.36. The molecule has 0 bridgehead atoms. The summed E-state index contributed by atoms with van der Waals surface area (Å²) < 4.78 is 0. The van der Waals surface area contributed by atoms with Crippen LogP contribution in [0.25, 0.3) is 0 Å². The molecule has 11 heteroatoms. The van der Waals surface area contributed by atoms with Crippen LogP contribution in [0.2, 0.25) is 0 Å². The zero-order valence-corrected chi connectivity index (χ0v) is 31.9. The van der Waals surface area contributed by atoms with E-state index in [1.165, 1.54) is 10.5 Å². The number of carbonyl (C=O) groups excluding carboxylic acids is 5. The number of nitrogens with one attached hydrogen (secondary N) is 5. The summed E-state index contributed by atoms with van der Waals surface area (Å²) in [4.78, 5) is 70.7. The highest BCUT2D eigenvalue weighted by Gasteiger charge is 2.46. The van der Waals surface area contributed by atoms with Gasteiger partial charge in [-0.1, -0.05) is 71.0 Å². The van der Waals surface area contributed by atoms with Gasteiger partial charge in [0, 0.05) is 18.6 Å².